The van der Waals surface area contributed by atoms with Gasteiger partial charge in [-0.15, -0.1) is 13.2 Å². The minimum absolute atomic E-state index is 0.0316. The lowest BCUT2D eigenvalue weighted by Crippen LogP contribution is -2.50. The van der Waals surface area contributed by atoms with Gasteiger partial charge in [0.25, 0.3) is 12.4 Å². The lowest BCUT2D eigenvalue weighted by atomic mass is 9.81. The van der Waals surface area contributed by atoms with E-state index >= 15 is 0 Å². The highest BCUT2D eigenvalue weighted by Gasteiger charge is 2.43. The van der Waals surface area contributed by atoms with E-state index in [1.807, 2.05) is 0 Å². The smallest absolute Gasteiger partial charge is 0.491 e. The van der Waals surface area contributed by atoms with Crippen LogP contribution in [-0.2, 0) is 10.3 Å². The Morgan fingerprint density at radius 3 is 2.62 bits per heavy atom. The molecule has 1 atom stereocenters. The van der Waals surface area contributed by atoms with Gasteiger partial charge in [0.05, 0.1) is 6.61 Å². The SMILES string of the molecule is O=COc1nc(C(=O)NC2(c3ccc(OC(F)(F)F)cc3)CCOc3cccnc32)cc2ccccc12. The van der Waals surface area contributed by atoms with Crippen molar-refractivity contribution in [3.63, 3.8) is 0 Å². The fraction of sp³-hybridized carbons (Fsp3) is 0.154. The summed E-state index contributed by atoms with van der Waals surface area (Å²) in [6.07, 6.45) is -3.09. The van der Waals surface area contributed by atoms with Crippen molar-refractivity contribution in [3.05, 3.63) is 89.9 Å². The number of ether oxygens (including phenoxy) is 3. The highest BCUT2D eigenvalue weighted by molar-refractivity contribution is 5.99. The number of benzene rings is 2. The Bertz CT molecular complexity index is 1480. The summed E-state index contributed by atoms with van der Waals surface area (Å²) in [6, 6.07) is 17.1. The minimum Gasteiger partial charge on any atom is -0.491 e. The molecule has 1 aliphatic heterocycles. The molecule has 188 valence electrons. The Morgan fingerprint density at radius 2 is 1.86 bits per heavy atom. The Labute approximate surface area is 208 Å². The molecule has 2 aromatic carbocycles. The van der Waals surface area contributed by atoms with E-state index in [9.17, 15) is 22.8 Å². The fourth-order valence-electron chi connectivity index (χ4n) is 4.35. The highest BCUT2D eigenvalue weighted by atomic mass is 19.4. The van der Waals surface area contributed by atoms with Gasteiger partial charge in [0.1, 0.15) is 28.4 Å². The number of rotatable bonds is 6. The summed E-state index contributed by atoms with van der Waals surface area (Å²) < 4.78 is 52.8. The van der Waals surface area contributed by atoms with Crippen LogP contribution in [0.4, 0.5) is 13.2 Å². The molecule has 0 spiro atoms. The second kappa shape index (κ2) is 9.41. The number of carbonyl (C=O) groups excluding carboxylic acids is 2. The second-order valence-corrected chi connectivity index (χ2v) is 8.13. The minimum atomic E-state index is -4.84. The third-order valence-electron chi connectivity index (χ3n) is 5.91. The molecule has 0 saturated heterocycles. The number of nitrogens with zero attached hydrogens (tertiary/aromatic N) is 2. The van der Waals surface area contributed by atoms with Gasteiger partial charge in [0.2, 0.25) is 5.88 Å². The molecular weight excluding hydrogens is 491 g/mol. The van der Waals surface area contributed by atoms with Crippen LogP contribution in [0.3, 0.4) is 0 Å². The molecule has 8 nitrogen and oxygen atoms in total. The molecule has 0 radical (unpaired) electrons. The topological polar surface area (TPSA) is 99.6 Å². The zero-order chi connectivity index (χ0) is 26.0. The number of carbonyl (C=O) groups is 2. The molecule has 0 bridgehead atoms. The molecule has 1 aliphatic rings. The third kappa shape index (κ3) is 4.75. The van der Waals surface area contributed by atoms with Gasteiger partial charge >= 0.3 is 6.36 Å². The molecular formula is C26H18F3N3O5. The van der Waals surface area contributed by atoms with Crippen molar-refractivity contribution in [1.82, 2.24) is 15.3 Å². The van der Waals surface area contributed by atoms with Crippen molar-refractivity contribution in [2.45, 2.75) is 18.3 Å². The third-order valence-corrected chi connectivity index (χ3v) is 5.91. The lowest BCUT2D eigenvalue weighted by Gasteiger charge is -2.39. The van der Waals surface area contributed by atoms with Crippen LogP contribution in [0, 0.1) is 0 Å². The predicted molar refractivity (Wildman–Crippen MR) is 124 cm³/mol. The molecule has 2 aromatic heterocycles. The van der Waals surface area contributed by atoms with Gasteiger partial charge in [-0.05, 0) is 47.3 Å². The van der Waals surface area contributed by atoms with Crippen LogP contribution in [0.25, 0.3) is 10.8 Å². The summed E-state index contributed by atoms with van der Waals surface area (Å²) in [4.78, 5) is 33.3. The van der Waals surface area contributed by atoms with E-state index in [1.54, 1.807) is 42.5 Å². The molecule has 0 saturated carbocycles. The monoisotopic (exact) mass is 509 g/mol. The Balaban J connectivity index is 1.58. The first kappa shape index (κ1) is 24.0. The summed E-state index contributed by atoms with van der Waals surface area (Å²) in [6.45, 7) is 0.422. The number of alkyl halides is 3. The van der Waals surface area contributed by atoms with Crippen LogP contribution in [0.1, 0.15) is 28.2 Å². The van der Waals surface area contributed by atoms with E-state index in [-0.39, 0.29) is 31.1 Å². The van der Waals surface area contributed by atoms with E-state index in [2.05, 4.69) is 20.0 Å². The van der Waals surface area contributed by atoms with E-state index in [1.165, 1.54) is 30.5 Å². The number of amides is 1. The van der Waals surface area contributed by atoms with E-state index in [0.29, 0.717) is 27.8 Å². The molecule has 0 fully saturated rings. The highest BCUT2D eigenvalue weighted by Crippen LogP contribution is 2.41. The van der Waals surface area contributed by atoms with Crippen molar-refractivity contribution in [3.8, 4) is 17.4 Å². The van der Waals surface area contributed by atoms with Crippen molar-refractivity contribution < 1.29 is 37.0 Å². The first-order valence-corrected chi connectivity index (χ1v) is 11.1. The number of hydrogen-bond acceptors (Lipinski definition) is 7. The normalized spacial score (nSPS) is 16.8. The molecule has 1 unspecified atom stereocenters. The summed E-state index contributed by atoms with van der Waals surface area (Å²) in [5.41, 5.74) is -0.453. The van der Waals surface area contributed by atoms with E-state index in [0.717, 1.165) is 0 Å². The zero-order valence-electron chi connectivity index (χ0n) is 19.0. The summed E-state index contributed by atoms with van der Waals surface area (Å²) >= 11 is 0. The van der Waals surface area contributed by atoms with E-state index in [4.69, 9.17) is 9.47 Å². The van der Waals surface area contributed by atoms with Crippen molar-refractivity contribution in [2.75, 3.05) is 6.61 Å². The quantitative estimate of drug-likeness (QED) is 0.382. The fourth-order valence-corrected chi connectivity index (χ4v) is 4.35. The molecule has 4 aromatic rings. The number of fused-ring (bicyclic) bond motifs is 2. The maximum Gasteiger partial charge on any atom is 0.573 e. The van der Waals surface area contributed by atoms with Crippen LogP contribution in [0.5, 0.6) is 17.4 Å². The maximum absolute atomic E-state index is 13.6. The number of nitrogens with one attached hydrogen (secondary N) is 1. The van der Waals surface area contributed by atoms with Crippen LogP contribution >= 0.6 is 0 Å². The summed E-state index contributed by atoms with van der Waals surface area (Å²) in [5.74, 6) is -0.638. The predicted octanol–water partition coefficient (Wildman–Crippen LogP) is 4.52. The molecule has 3 heterocycles. The Hall–Kier alpha value is -4.67. The van der Waals surface area contributed by atoms with Crippen LogP contribution in [0.2, 0.25) is 0 Å². The Morgan fingerprint density at radius 1 is 1.08 bits per heavy atom. The molecule has 1 amide bonds. The molecule has 37 heavy (non-hydrogen) atoms. The lowest BCUT2D eigenvalue weighted by molar-refractivity contribution is -0.274. The van der Waals surface area contributed by atoms with Gasteiger partial charge in [0, 0.05) is 18.0 Å². The number of hydrogen-bond donors (Lipinski definition) is 1. The molecule has 5 rings (SSSR count). The van der Waals surface area contributed by atoms with Crippen LogP contribution in [-0.4, -0.2) is 35.3 Å². The second-order valence-electron chi connectivity index (χ2n) is 8.13. The maximum atomic E-state index is 13.6. The van der Waals surface area contributed by atoms with Crippen LogP contribution in [0.15, 0.2) is 72.9 Å². The van der Waals surface area contributed by atoms with Gasteiger partial charge in [-0.3, -0.25) is 14.6 Å². The van der Waals surface area contributed by atoms with Crippen molar-refractivity contribution in [1.29, 1.82) is 0 Å². The largest absolute Gasteiger partial charge is 0.573 e. The first-order valence-electron chi connectivity index (χ1n) is 11.1. The number of halogens is 3. The molecule has 1 N–H and O–H groups in total. The average Bonchev–Trinajstić information content (AvgIpc) is 2.88. The summed E-state index contributed by atoms with van der Waals surface area (Å²) in [7, 11) is 0. The Kier molecular flexibility index (Phi) is 6.12. The van der Waals surface area contributed by atoms with Gasteiger partial charge in [0.15, 0.2) is 0 Å². The van der Waals surface area contributed by atoms with Gasteiger partial charge < -0.3 is 19.5 Å². The molecule has 11 heteroatoms. The molecule has 0 aliphatic carbocycles. The van der Waals surface area contributed by atoms with Crippen LogP contribution < -0.4 is 19.5 Å². The average molecular weight is 509 g/mol. The van der Waals surface area contributed by atoms with Gasteiger partial charge in [-0.2, -0.15) is 0 Å². The van der Waals surface area contributed by atoms with E-state index < -0.39 is 23.6 Å². The van der Waals surface area contributed by atoms with Gasteiger partial charge in [-0.1, -0.05) is 30.3 Å². The first-order chi connectivity index (χ1) is 17.8. The van der Waals surface area contributed by atoms with Gasteiger partial charge in [-0.25, -0.2) is 4.98 Å². The number of aromatic nitrogens is 2. The number of pyridine rings is 2. The van der Waals surface area contributed by atoms with Crippen molar-refractivity contribution >= 4 is 23.2 Å². The zero-order valence-corrected chi connectivity index (χ0v) is 19.0. The van der Waals surface area contributed by atoms with Crippen molar-refractivity contribution in [2.24, 2.45) is 0 Å². The summed E-state index contributed by atoms with van der Waals surface area (Å²) in [5, 5.41) is 4.13. The standard InChI is InChI=1S/C26H18F3N3O5/c27-26(28,29)37-18-9-7-17(8-10-18)25(11-13-35-21-6-3-12-30-22(21)25)32-23(34)20-14-16-4-1-2-5-19(16)24(31-20)36-15-33/h1-10,12,14-15H,11,13H2,(H,32,34).